The monoisotopic (exact) mass is 266 g/mol. The minimum absolute atomic E-state index is 0.648. The minimum Gasteiger partial charge on any atom is -0.0619 e. The van der Waals surface area contributed by atoms with Crippen molar-refractivity contribution in [2.24, 2.45) is 0 Å². The predicted molar refractivity (Wildman–Crippen MR) is 79.7 cm³/mol. The van der Waals surface area contributed by atoms with Crippen LogP contribution in [0, 0.1) is 0 Å². The Morgan fingerprint density at radius 2 is 1.42 bits per heavy atom. The van der Waals surface area contributed by atoms with Gasteiger partial charge in [0.15, 0.2) is 0 Å². The van der Waals surface area contributed by atoms with Gasteiger partial charge in [-0.2, -0.15) is 0 Å². The van der Waals surface area contributed by atoms with E-state index in [0.29, 0.717) is 4.92 Å². The molecule has 1 aliphatic rings. The van der Waals surface area contributed by atoms with Gasteiger partial charge >= 0.3 is 40.3 Å². The van der Waals surface area contributed by atoms with Gasteiger partial charge in [-0.25, -0.2) is 0 Å². The molecule has 0 radical (unpaired) electrons. The maximum atomic E-state index is 5.36. The summed E-state index contributed by atoms with van der Waals surface area (Å²) in [7, 11) is 1.47. The summed E-state index contributed by atoms with van der Waals surface area (Å²) in [6, 6.07) is 19.0. The smallest absolute Gasteiger partial charge is 0.00135 e. The van der Waals surface area contributed by atoms with E-state index in [1.165, 1.54) is 35.6 Å². The summed E-state index contributed by atoms with van der Waals surface area (Å²) >= 11 is 5.36. The summed E-state index contributed by atoms with van der Waals surface area (Å²) in [5.74, 6) is 0. The summed E-state index contributed by atoms with van der Waals surface area (Å²) in [5, 5.41) is 0. The van der Waals surface area contributed by atoms with Crippen LogP contribution in [-0.4, -0.2) is 7.13 Å². The van der Waals surface area contributed by atoms with Gasteiger partial charge in [-0.3, -0.25) is 0 Å². The largest absolute Gasteiger partial charge is 0.0619 e. The van der Waals surface area contributed by atoms with Crippen LogP contribution in [-0.2, 0) is 6.42 Å². The fourth-order valence-corrected chi connectivity index (χ4v) is 2.43. The van der Waals surface area contributed by atoms with Gasteiger partial charge in [0.1, 0.15) is 0 Å². The van der Waals surface area contributed by atoms with Crippen molar-refractivity contribution in [3.05, 3.63) is 76.9 Å². The van der Waals surface area contributed by atoms with Crippen molar-refractivity contribution >= 4 is 18.7 Å². The summed E-state index contributed by atoms with van der Waals surface area (Å²) in [6.07, 6.45) is 2.63. The first-order valence-corrected chi connectivity index (χ1v) is 6.56. The van der Waals surface area contributed by atoms with Gasteiger partial charge in [0.25, 0.3) is 0 Å². The van der Waals surface area contributed by atoms with E-state index >= 15 is 0 Å². The molecule has 0 saturated carbocycles. The van der Waals surface area contributed by atoms with Crippen molar-refractivity contribution in [2.45, 2.75) is 6.42 Å². The summed E-state index contributed by atoms with van der Waals surface area (Å²) in [5.41, 5.74) is 5.75. The Kier molecular flexibility index (Phi) is 3.52. The van der Waals surface area contributed by atoms with E-state index in [0.717, 1.165) is 6.42 Å². The Bertz CT molecular complexity index is 633. The van der Waals surface area contributed by atoms with Crippen molar-refractivity contribution in [2.75, 3.05) is 0 Å². The first kappa shape index (κ1) is 12.2. The molecule has 0 amide bonds. The van der Waals surface area contributed by atoms with Crippen LogP contribution in [0.5, 0.6) is 0 Å². The second kappa shape index (κ2) is 5.46. The average Bonchev–Trinajstić information content (AvgIpc) is 3.06. The van der Waals surface area contributed by atoms with Crippen LogP contribution >= 0.6 is 11.6 Å². The number of hydrogen-bond acceptors (Lipinski definition) is 1. The van der Waals surface area contributed by atoms with E-state index in [2.05, 4.69) is 52.9 Å². The molecule has 1 aliphatic carbocycles. The number of halogens is 1. The third-order valence-corrected chi connectivity index (χ3v) is 3.41. The Morgan fingerprint density at radius 3 is 1.84 bits per heavy atom. The van der Waals surface area contributed by atoms with Crippen LogP contribution in [0.25, 0.3) is 11.1 Å². The summed E-state index contributed by atoms with van der Waals surface area (Å²) < 4.78 is 4.58. The van der Waals surface area contributed by atoms with Crippen molar-refractivity contribution in [3.63, 3.8) is 0 Å². The van der Waals surface area contributed by atoms with Gasteiger partial charge in [0.05, 0.1) is 0 Å². The van der Waals surface area contributed by atoms with Crippen LogP contribution in [0.4, 0.5) is 0 Å². The maximum absolute atomic E-state index is 5.36. The van der Waals surface area contributed by atoms with Gasteiger partial charge in [0.2, 0.25) is 0 Å². The molecule has 0 fully saturated rings. The Morgan fingerprint density at radius 1 is 0.842 bits per heavy atom. The molecule has 0 aliphatic heterocycles. The summed E-state index contributed by atoms with van der Waals surface area (Å²) in [4.78, 5) is 0.648. The van der Waals surface area contributed by atoms with Crippen LogP contribution < -0.4 is 0 Å². The SMILES string of the molecule is Clc1bocc1.c1ccc2c(c1)Cc1ccccc1-2. The van der Waals surface area contributed by atoms with E-state index in [-0.39, 0.29) is 0 Å². The molecular formula is C16H12BClO. The molecule has 0 bridgehead atoms. The molecule has 1 nitrogen and oxygen atoms in total. The molecule has 0 unspecified atom stereocenters. The maximum Gasteiger partial charge on any atom is -0.00135 e. The van der Waals surface area contributed by atoms with Gasteiger partial charge in [-0.15, -0.1) is 0 Å². The molecule has 3 heteroatoms. The zero-order chi connectivity index (χ0) is 13.1. The van der Waals surface area contributed by atoms with Crippen LogP contribution in [0.15, 0.2) is 65.2 Å². The van der Waals surface area contributed by atoms with E-state index in [1.54, 1.807) is 6.07 Å². The number of rotatable bonds is 0. The van der Waals surface area contributed by atoms with Gasteiger partial charge in [-0.05, 0) is 28.7 Å². The molecule has 0 spiro atoms. The Labute approximate surface area is 118 Å². The third kappa shape index (κ3) is 2.64. The summed E-state index contributed by atoms with van der Waals surface area (Å²) in [6.45, 7) is 0. The predicted octanol–water partition coefficient (Wildman–Crippen LogP) is 4.53. The van der Waals surface area contributed by atoms with Crippen molar-refractivity contribution < 1.29 is 4.33 Å². The number of hydrogen-bond donors (Lipinski definition) is 0. The van der Waals surface area contributed by atoms with Gasteiger partial charge in [-0.1, -0.05) is 48.5 Å². The molecule has 4 rings (SSSR count). The molecule has 1 heterocycles. The second-order valence-corrected chi connectivity index (χ2v) is 4.87. The van der Waals surface area contributed by atoms with E-state index in [1.807, 2.05) is 0 Å². The molecule has 0 saturated heterocycles. The molecule has 2 aromatic carbocycles. The molecular weight excluding hydrogens is 254 g/mol. The van der Waals surface area contributed by atoms with Gasteiger partial charge < -0.3 is 0 Å². The van der Waals surface area contributed by atoms with Crippen LogP contribution in [0.3, 0.4) is 0 Å². The van der Waals surface area contributed by atoms with E-state index in [9.17, 15) is 0 Å². The van der Waals surface area contributed by atoms with Crippen molar-refractivity contribution in [1.82, 2.24) is 0 Å². The molecule has 92 valence electrons. The topological polar surface area (TPSA) is 13.1 Å². The first-order valence-electron chi connectivity index (χ1n) is 6.18. The molecule has 0 N–H and O–H groups in total. The Balaban J connectivity index is 0.000000155. The standard InChI is InChI=1S/C13H10.C3H2BClO/c1-3-7-12-10(5-1)9-11-6-2-4-8-13(11)12;5-3-1-2-6-4-3/h1-8H,9H2;1-2H. The fraction of sp³-hybridized carbons (Fsp3) is 0.0625. The van der Waals surface area contributed by atoms with Crippen LogP contribution in [0.1, 0.15) is 11.1 Å². The van der Waals surface area contributed by atoms with Crippen LogP contribution in [0.2, 0.25) is 4.92 Å². The normalized spacial score (nSPS) is 11.0. The van der Waals surface area contributed by atoms with E-state index in [4.69, 9.17) is 11.6 Å². The quantitative estimate of drug-likeness (QED) is 0.456. The number of benzene rings is 2. The Hall–Kier alpha value is -1.80. The minimum atomic E-state index is 0.648. The zero-order valence-electron chi connectivity index (χ0n) is 10.3. The van der Waals surface area contributed by atoms with Gasteiger partial charge in [0, 0.05) is 0 Å². The molecule has 3 aromatic rings. The number of fused-ring (bicyclic) bond motifs is 3. The molecule has 0 atom stereocenters. The molecule has 1 aromatic heterocycles. The fourth-order valence-electron chi connectivity index (χ4n) is 2.33. The third-order valence-electron chi connectivity index (χ3n) is 3.19. The van der Waals surface area contributed by atoms with E-state index < -0.39 is 0 Å². The first-order chi connectivity index (χ1) is 9.34. The second-order valence-electron chi connectivity index (χ2n) is 4.43. The van der Waals surface area contributed by atoms with Crippen molar-refractivity contribution in [3.8, 4) is 11.1 Å². The average molecular weight is 267 g/mol. The molecule has 19 heavy (non-hydrogen) atoms. The van der Waals surface area contributed by atoms with Crippen molar-refractivity contribution in [1.29, 1.82) is 0 Å². The zero-order valence-corrected chi connectivity index (χ0v) is 11.1.